The lowest BCUT2D eigenvalue weighted by Crippen LogP contribution is -2.53. The van der Waals surface area contributed by atoms with Crippen molar-refractivity contribution in [2.45, 2.75) is 25.6 Å². The fourth-order valence-electron chi connectivity index (χ4n) is 1.11. The number of aliphatic carboxylic acids is 1. The van der Waals surface area contributed by atoms with Gasteiger partial charge in [-0.3, -0.25) is 0 Å². The Balaban J connectivity index is 2.53. The van der Waals surface area contributed by atoms with Crippen LogP contribution in [-0.2, 0) is 9.53 Å². The van der Waals surface area contributed by atoms with Gasteiger partial charge in [0.1, 0.15) is 0 Å². The van der Waals surface area contributed by atoms with Crippen LogP contribution in [0.4, 0.5) is 0 Å². The third-order valence-electron chi connectivity index (χ3n) is 1.62. The lowest BCUT2D eigenvalue weighted by atomic mass is 10.1. The maximum Gasteiger partial charge on any atom is 0.334 e. The summed E-state index contributed by atoms with van der Waals surface area (Å²) in [4.78, 5) is 10.5. The minimum atomic E-state index is -0.898. The van der Waals surface area contributed by atoms with Crippen LogP contribution in [0.5, 0.6) is 0 Å². The number of rotatable bonds is 1. The third kappa shape index (κ3) is 2.17. The van der Waals surface area contributed by atoms with Gasteiger partial charge in [-0.1, -0.05) is 0 Å². The van der Waals surface area contributed by atoms with E-state index in [9.17, 15) is 4.79 Å². The van der Waals surface area contributed by atoms with Crippen molar-refractivity contribution < 1.29 is 14.6 Å². The van der Waals surface area contributed by atoms with Crippen molar-refractivity contribution in [2.24, 2.45) is 0 Å². The predicted molar refractivity (Wildman–Crippen MR) is 39.5 cm³/mol. The Morgan fingerprint density at radius 1 is 1.73 bits per heavy atom. The van der Waals surface area contributed by atoms with E-state index in [2.05, 4.69) is 5.32 Å². The van der Waals surface area contributed by atoms with Gasteiger partial charge in [-0.05, 0) is 13.8 Å². The molecule has 4 nitrogen and oxygen atoms in total. The summed E-state index contributed by atoms with van der Waals surface area (Å²) in [5.74, 6) is -0.898. The number of hydrogen-bond donors (Lipinski definition) is 2. The molecule has 1 fully saturated rings. The van der Waals surface area contributed by atoms with Crippen LogP contribution in [0.25, 0.3) is 0 Å². The summed E-state index contributed by atoms with van der Waals surface area (Å²) in [5.41, 5.74) is -0.360. The average molecular weight is 159 g/mol. The van der Waals surface area contributed by atoms with Gasteiger partial charge in [-0.2, -0.15) is 0 Å². The lowest BCUT2D eigenvalue weighted by molar-refractivity contribution is -0.165. The zero-order valence-corrected chi connectivity index (χ0v) is 6.76. The highest BCUT2D eigenvalue weighted by atomic mass is 16.5. The Morgan fingerprint density at radius 2 is 2.36 bits per heavy atom. The van der Waals surface area contributed by atoms with Gasteiger partial charge >= 0.3 is 5.97 Å². The molecule has 0 saturated carbocycles. The normalized spacial score (nSPS) is 29.8. The first-order valence-electron chi connectivity index (χ1n) is 3.63. The number of hydrogen-bond acceptors (Lipinski definition) is 3. The van der Waals surface area contributed by atoms with Crippen molar-refractivity contribution in [3.05, 3.63) is 0 Å². The standard InChI is InChI=1S/C7H13NO3/c1-7(2)4-8-3-5(11-7)6(9)10/h5,8H,3-4H2,1-2H3,(H,9,10). The molecule has 64 valence electrons. The molecule has 4 heteroatoms. The van der Waals surface area contributed by atoms with Crippen LogP contribution in [0.1, 0.15) is 13.8 Å². The minimum Gasteiger partial charge on any atom is -0.479 e. The fourth-order valence-corrected chi connectivity index (χ4v) is 1.11. The SMILES string of the molecule is CC1(C)CNCC(C(=O)O)O1. The van der Waals surface area contributed by atoms with Gasteiger partial charge in [0.05, 0.1) is 5.60 Å². The highest BCUT2D eigenvalue weighted by molar-refractivity contribution is 5.72. The van der Waals surface area contributed by atoms with Gasteiger partial charge in [0.2, 0.25) is 0 Å². The molecular formula is C7H13NO3. The number of morpholine rings is 1. The van der Waals surface area contributed by atoms with Crippen molar-refractivity contribution in [3.8, 4) is 0 Å². The van der Waals surface area contributed by atoms with Crippen molar-refractivity contribution in [1.82, 2.24) is 5.32 Å². The first-order valence-corrected chi connectivity index (χ1v) is 3.63. The average Bonchev–Trinajstić information content (AvgIpc) is 1.85. The fraction of sp³-hybridized carbons (Fsp3) is 0.857. The molecule has 1 aliphatic rings. The molecule has 0 aromatic carbocycles. The summed E-state index contributed by atoms with van der Waals surface area (Å²) in [6.07, 6.45) is -0.696. The second-order valence-electron chi connectivity index (χ2n) is 3.34. The Hall–Kier alpha value is -0.610. The van der Waals surface area contributed by atoms with Gasteiger partial charge in [-0.15, -0.1) is 0 Å². The highest BCUT2D eigenvalue weighted by Gasteiger charge is 2.32. The molecule has 11 heavy (non-hydrogen) atoms. The van der Waals surface area contributed by atoms with Crippen molar-refractivity contribution in [2.75, 3.05) is 13.1 Å². The van der Waals surface area contributed by atoms with E-state index in [1.807, 2.05) is 13.8 Å². The van der Waals surface area contributed by atoms with E-state index in [-0.39, 0.29) is 5.60 Å². The third-order valence-corrected chi connectivity index (χ3v) is 1.62. The van der Waals surface area contributed by atoms with E-state index < -0.39 is 12.1 Å². The van der Waals surface area contributed by atoms with Crippen molar-refractivity contribution >= 4 is 5.97 Å². The summed E-state index contributed by atoms with van der Waals surface area (Å²) in [6.45, 7) is 4.85. The largest absolute Gasteiger partial charge is 0.479 e. The van der Waals surface area contributed by atoms with Crippen LogP contribution in [0, 0.1) is 0 Å². The van der Waals surface area contributed by atoms with Crippen molar-refractivity contribution in [3.63, 3.8) is 0 Å². The predicted octanol–water partition coefficient (Wildman–Crippen LogP) is -0.162. The maximum absolute atomic E-state index is 10.5. The second kappa shape index (κ2) is 2.79. The summed E-state index contributed by atoms with van der Waals surface area (Å²) in [6, 6.07) is 0. The molecule has 1 unspecified atom stereocenters. The van der Waals surface area contributed by atoms with Gasteiger partial charge in [0.25, 0.3) is 0 Å². The Bertz CT molecular complexity index is 167. The topological polar surface area (TPSA) is 58.6 Å². The zero-order chi connectivity index (χ0) is 8.48. The van der Waals surface area contributed by atoms with Crippen molar-refractivity contribution in [1.29, 1.82) is 0 Å². The van der Waals surface area contributed by atoms with E-state index in [0.717, 1.165) is 0 Å². The molecule has 0 amide bonds. The lowest BCUT2D eigenvalue weighted by Gasteiger charge is -2.34. The summed E-state index contributed by atoms with van der Waals surface area (Å²) in [7, 11) is 0. The number of carboxylic acids is 1. The highest BCUT2D eigenvalue weighted by Crippen LogP contribution is 2.14. The number of nitrogens with one attached hydrogen (secondary N) is 1. The number of carboxylic acid groups (broad SMARTS) is 1. The van der Waals surface area contributed by atoms with Gasteiger partial charge in [0.15, 0.2) is 6.10 Å². The second-order valence-corrected chi connectivity index (χ2v) is 3.34. The Labute approximate surface area is 65.5 Å². The first-order chi connectivity index (χ1) is 5.01. The van der Waals surface area contributed by atoms with E-state index >= 15 is 0 Å². The maximum atomic E-state index is 10.5. The molecule has 1 rings (SSSR count). The monoisotopic (exact) mass is 159 g/mol. The number of ether oxygens (including phenoxy) is 1. The van der Waals surface area contributed by atoms with Crippen LogP contribution in [0.15, 0.2) is 0 Å². The quantitative estimate of drug-likeness (QED) is 0.558. The van der Waals surface area contributed by atoms with Crippen LogP contribution in [0.2, 0.25) is 0 Å². The van der Waals surface area contributed by atoms with Crippen LogP contribution >= 0.6 is 0 Å². The molecule has 0 aromatic heterocycles. The minimum absolute atomic E-state index is 0.360. The molecule has 2 N–H and O–H groups in total. The molecule has 1 atom stereocenters. The summed E-state index contributed by atoms with van der Waals surface area (Å²) < 4.78 is 5.27. The van der Waals surface area contributed by atoms with Crippen LogP contribution in [-0.4, -0.2) is 35.9 Å². The van der Waals surface area contributed by atoms with Gasteiger partial charge < -0.3 is 15.2 Å². The molecule has 1 heterocycles. The van der Waals surface area contributed by atoms with E-state index in [1.165, 1.54) is 0 Å². The molecule has 0 bridgehead atoms. The van der Waals surface area contributed by atoms with E-state index in [4.69, 9.17) is 9.84 Å². The summed E-state index contributed by atoms with van der Waals surface area (Å²) in [5, 5.41) is 11.6. The molecular weight excluding hydrogens is 146 g/mol. The molecule has 0 radical (unpaired) electrons. The van der Waals surface area contributed by atoms with E-state index in [0.29, 0.717) is 13.1 Å². The molecule has 1 saturated heterocycles. The molecule has 0 aromatic rings. The first kappa shape index (κ1) is 8.49. The van der Waals surface area contributed by atoms with E-state index in [1.54, 1.807) is 0 Å². The Morgan fingerprint density at radius 3 is 2.73 bits per heavy atom. The smallest absolute Gasteiger partial charge is 0.334 e. The van der Waals surface area contributed by atoms with Crippen LogP contribution < -0.4 is 5.32 Å². The van der Waals surface area contributed by atoms with Gasteiger partial charge in [-0.25, -0.2) is 4.79 Å². The molecule has 0 aliphatic carbocycles. The Kier molecular flexibility index (Phi) is 2.15. The molecule has 1 aliphatic heterocycles. The van der Waals surface area contributed by atoms with Gasteiger partial charge in [0, 0.05) is 13.1 Å². The zero-order valence-electron chi connectivity index (χ0n) is 6.76. The number of carbonyl (C=O) groups is 1. The molecule has 0 spiro atoms. The van der Waals surface area contributed by atoms with Crippen LogP contribution in [0.3, 0.4) is 0 Å². The summed E-state index contributed by atoms with van der Waals surface area (Å²) >= 11 is 0.